The van der Waals surface area contributed by atoms with Crippen LogP contribution in [0.3, 0.4) is 0 Å². The van der Waals surface area contributed by atoms with Crippen molar-refractivity contribution in [1.29, 1.82) is 0 Å². The highest BCUT2D eigenvalue weighted by molar-refractivity contribution is 7.98. The van der Waals surface area contributed by atoms with Gasteiger partial charge < -0.3 is 19.1 Å². The fourth-order valence-corrected chi connectivity index (χ4v) is 4.74. The molecule has 8 nitrogen and oxygen atoms in total. The highest BCUT2D eigenvalue weighted by Gasteiger charge is 2.24. The minimum absolute atomic E-state index is 0.115. The van der Waals surface area contributed by atoms with Gasteiger partial charge in [-0.25, -0.2) is 15.0 Å². The molecule has 1 amide bonds. The summed E-state index contributed by atoms with van der Waals surface area (Å²) in [6, 6.07) is 12.7. The second kappa shape index (κ2) is 9.72. The predicted octanol–water partition coefficient (Wildman–Crippen LogP) is 3.57. The van der Waals surface area contributed by atoms with E-state index in [4.69, 9.17) is 4.74 Å². The third-order valence-corrected chi connectivity index (χ3v) is 6.85. The van der Waals surface area contributed by atoms with Crippen LogP contribution in [0.2, 0.25) is 0 Å². The molecule has 174 valence electrons. The molecule has 4 heterocycles. The van der Waals surface area contributed by atoms with Crippen molar-refractivity contribution in [3.8, 4) is 17.1 Å². The Bertz CT molecular complexity index is 1300. The highest BCUT2D eigenvalue weighted by Crippen LogP contribution is 2.34. The number of fused-ring (bicyclic) bond motifs is 1. The normalized spacial score (nSPS) is 13.9. The number of carbonyl (C=O) groups excluding carboxylic acids is 1. The lowest BCUT2D eigenvalue weighted by atomic mass is 10.1. The van der Waals surface area contributed by atoms with Crippen molar-refractivity contribution in [2.24, 2.45) is 0 Å². The van der Waals surface area contributed by atoms with Crippen molar-refractivity contribution < 1.29 is 9.53 Å². The molecule has 1 fully saturated rings. The number of pyridine rings is 1. The number of hydrogen-bond acceptors (Lipinski definition) is 7. The van der Waals surface area contributed by atoms with E-state index in [1.54, 1.807) is 37.5 Å². The number of anilines is 1. The number of nitrogens with zero attached hydrogens (tertiary/aromatic N) is 6. The summed E-state index contributed by atoms with van der Waals surface area (Å²) in [5.41, 5.74) is 3.99. The number of piperazine rings is 1. The van der Waals surface area contributed by atoms with Gasteiger partial charge in [-0.1, -0.05) is 0 Å². The van der Waals surface area contributed by atoms with E-state index in [1.165, 1.54) is 4.90 Å². The fourth-order valence-electron chi connectivity index (χ4n) is 4.30. The number of thioether (sulfide) groups is 1. The summed E-state index contributed by atoms with van der Waals surface area (Å²) in [4.78, 5) is 31.5. The topological polar surface area (TPSA) is 76.4 Å². The molecule has 4 aromatic rings. The molecule has 1 aliphatic rings. The average molecular weight is 475 g/mol. The molecule has 0 spiro atoms. The second-order valence-electron chi connectivity index (χ2n) is 8.07. The van der Waals surface area contributed by atoms with E-state index in [2.05, 4.69) is 44.3 Å². The van der Waals surface area contributed by atoms with Gasteiger partial charge in [-0.2, -0.15) is 0 Å². The van der Waals surface area contributed by atoms with Gasteiger partial charge in [-0.3, -0.25) is 4.79 Å². The predicted molar refractivity (Wildman–Crippen MR) is 134 cm³/mol. The maximum atomic E-state index is 13.0. The molecule has 1 aliphatic heterocycles. The van der Waals surface area contributed by atoms with Gasteiger partial charge in [0, 0.05) is 78.1 Å². The number of carbonyl (C=O) groups is 1. The van der Waals surface area contributed by atoms with Crippen LogP contribution in [0, 0.1) is 0 Å². The molecule has 5 rings (SSSR count). The molecule has 0 radical (unpaired) electrons. The number of benzene rings is 1. The smallest absolute Gasteiger partial charge is 0.316 e. The van der Waals surface area contributed by atoms with Crippen LogP contribution in [0.15, 0.2) is 66.1 Å². The van der Waals surface area contributed by atoms with Crippen LogP contribution < -0.4 is 9.64 Å². The monoisotopic (exact) mass is 474 g/mol. The van der Waals surface area contributed by atoms with Crippen LogP contribution in [0.5, 0.6) is 6.01 Å². The van der Waals surface area contributed by atoms with Crippen LogP contribution in [-0.2, 0) is 11.3 Å². The number of rotatable bonds is 6. The lowest BCUT2D eigenvalue weighted by molar-refractivity contribution is -0.132. The first kappa shape index (κ1) is 22.2. The molecule has 1 aromatic carbocycles. The molecule has 0 bridgehead atoms. The molecule has 9 heteroatoms. The molecular formula is C25H26N6O2S. The standard InChI is InChI=1S/C25H26N6O2S/c1-33-25-27-15-19(16-28-25)21-14-20(34-2)5-6-22(21)29-10-12-30(13-11-29)23(32)17-31-9-7-18-4-3-8-26-24(18)31/h3-9,14-16H,10-13,17H2,1-2H3. The van der Waals surface area contributed by atoms with E-state index < -0.39 is 0 Å². The fraction of sp³-hybridized carbons (Fsp3) is 0.280. The number of methoxy groups -OCH3 is 1. The molecular weight excluding hydrogens is 448 g/mol. The molecule has 0 atom stereocenters. The zero-order chi connectivity index (χ0) is 23.5. The van der Waals surface area contributed by atoms with Gasteiger partial charge in [0.1, 0.15) is 12.2 Å². The first-order chi connectivity index (χ1) is 16.7. The SMILES string of the molecule is COc1ncc(-c2cc(SC)ccc2N2CCN(C(=O)Cn3ccc4cccnc43)CC2)cn1. The molecule has 0 unspecified atom stereocenters. The summed E-state index contributed by atoms with van der Waals surface area (Å²) in [5, 5.41) is 1.05. The Morgan fingerprint density at radius 3 is 2.59 bits per heavy atom. The van der Waals surface area contributed by atoms with Crippen LogP contribution in [0.1, 0.15) is 0 Å². The van der Waals surface area contributed by atoms with Gasteiger partial charge in [0.05, 0.1) is 7.11 Å². The van der Waals surface area contributed by atoms with E-state index in [9.17, 15) is 4.79 Å². The zero-order valence-corrected chi connectivity index (χ0v) is 20.0. The van der Waals surface area contributed by atoms with Crippen molar-refractivity contribution in [2.75, 3.05) is 44.4 Å². The van der Waals surface area contributed by atoms with Crippen LogP contribution >= 0.6 is 11.8 Å². The molecule has 0 N–H and O–H groups in total. The lowest BCUT2D eigenvalue weighted by Crippen LogP contribution is -2.49. The Kier molecular flexibility index (Phi) is 6.35. The van der Waals surface area contributed by atoms with E-state index >= 15 is 0 Å². The van der Waals surface area contributed by atoms with E-state index in [1.807, 2.05) is 33.9 Å². The van der Waals surface area contributed by atoms with Crippen molar-refractivity contribution in [1.82, 2.24) is 24.4 Å². The lowest BCUT2D eigenvalue weighted by Gasteiger charge is -2.37. The summed E-state index contributed by atoms with van der Waals surface area (Å²) in [6.07, 6.45) is 9.35. The van der Waals surface area contributed by atoms with Crippen molar-refractivity contribution in [3.05, 3.63) is 61.2 Å². The number of aromatic nitrogens is 4. The molecule has 1 saturated heterocycles. The maximum absolute atomic E-state index is 13.0. The van der Waals surface area contributed by atoms with Gasteiger partial charge in [-0.15, -0.1) is 11.8 Å². The second-order valence-corrected chi connectivity index (χ2v) is 8.95. The Morgan fingerprint density at radius 1 is 1.06 bits per heavy atom. The Hall–Kier alpha value is -3.59. The first-order valence-electron chi connectivity index (χ1n) is 11.1. The largest absolute Gasteiger partial charge is 0.467 e. The molecule has 0 aliphatic carbocycles. The van der Waals surface area contributed by atoms with Gasteiger partial charge in [-0.05, 0) is 42.7 Å². The van der Waals surface area contributed by atoms with E-state index in [0.29, 0.717) is 25.6 Å². The van der Waals surface area contributed by atoms with Gasteiger partial charge >= 0.3 is 6.01 Å². The van der Waals surface area contributed by atoms with Crippen LogP contribution in [0.25, 0.3) is 22.2 Å². The maximum Gasteiger partial charge on any atom is 0.316 e. The van der Waals surface area contributed by atoms with Crippen molar-refractivity contribution in [2.45, 2.75) is 11.4 Å². The highest BCUT2D eigenvalue weighted by atomic mass is 32.2. The Labute approximate surface area is 202 Å². The van der Waals surface area contributed by atoms with Crippen LogP contribution in [0.4, 0.5) is 5.69 Å². The first-order valence-corrected chi connectivity index (χ1v) is 12.4. The zero-order valence-electron chi connectivity index (χ0n) is 19.2. The Balaban J connectivity index is 1.30. The molecule has 34 heavy (non-hydrogen) atoms. The third-order valence-electron chi connectivity index (χ3n) is 6.13. The van der Waals surface area contributed by atoms with E-state index in [0.717, 1.165) is 40.9 Å². The summed E-state index contributed by atoms with van der Waals surface area (Å²) in [6.45, 7) is 3.18. The minimum atomic E-state index is 0.115. The number of ether oxygens (including phenoxy) is 1. The summed E-state index contributed by atoms with van der Waals surface area (Å²) in [7, 11) is 1.56. The van der Waals surface area contributed by atoms with Gasteiger partial charge in [0.25, 0.3) is 0 Å². The third kappa shape index (κ3) is 4.43. The quantitative estimate of drug-likeness (QED) is 0.396. The van der Waals surface area contributed by atoms with Crippen molar-refractivity contribution in [3.63, 3.8) is 0 Å². The number of hydrogen-bond donors (Lipinski definition) is 0. The summed E-state index contributed by atoms with van der Waals surface area (Å²) < 4.78 is 7.04. The van der Waals surface area contributed by atoms with E-state index in [-0.39, 0.29) is 5.91 Å². The summed E-state index contributed by atoms with van der Waals surface area (Å²) >= 11 is 1.70. The molecule has 3 aromatic heterocycles. The van der Waals surface area contributed by atoms with Gasteiger partial charge in [0.2, 0.25) is 5.91 Å². The van der Waals surface area contributed by atoms with Crippen LogP contribution in [-0.4, -0.2) is 69.9 Å². The van der Waals surface area contributed by atoms with Crippen molar-refractivity contribution >= 4 is 34.4 Å². The molecule has 0 saturated carbocycles. The van der Waals surface area contributed by atoms with Gasteiger partial charge in [0.15, 0.2) is 0 Å². The average Bonchev–Trinajstić information content (AvgIpc) is 3.31. The summed E-state index contributed by atoms with van der Waals surface area (Å²) in [5.74, 6) is 0.115. The minimum Gasteiger partial charge on any atom is -0.467 e. The number of amides is 1. The Morgan fingerprint density at radius 2 is 1.85 bits per heavy atom.